The summed E-state index contributed by atoms with van der Waals surface area (Å²) in [5.41, 5.74) is 1.66. The van der Waals surface area contributed by atoms with Crippen molar-refractivity contribution in [3.63, 3.8) is 0 Å². The first-order valence-corrected chi connectivity index (χ1v) is 10.1. The van der Waals surface area contributed by atoms with Crippen LogP contribution in [0, 0.1) is 23.6 Å². The molecule has 0 bridgehead atoms. The SMILES string of the molecule is CC1CCC(C2CCC(c3ccc(C4CO4)c(Cl)c3F)CC2)CC1. The van der Waals surface area contributed by atoms with Crippen LogP contribution in [0.25, 0.3) is 0 Å². The number of rotatable bonds is 3. The molecule has 132 valence electrons. The van der Waals surface area contributed by atoms with Crippen molar-refractivity contribution < 1.29 is 9.13 Å². The van der Waals surface area contributed by atoms with Gasteiger partial charge in [-0.15, -0.1) is 0 Å². The van der Waals surface area contributed by atoms with Crippen LogP contribution in [0.3, 0.4) is 0 Å². The Morgan fingerprint density at radius 3 is 2.04 bits per heavy atom. The Bertz CT molecular complexity index is 582. The minimum atomic E-state index is -0.195. The Morgan fingerprint density at radius 2 is 1.46 bits per heavy atom. The molecule has 0 spiro atoms. The first-order chi connectivity index (χ1) is 11.6. The minimum absolute atomic E-state index is 0.0190. The zero-order chi connectivity index (χ0) is 16.7. The summed E-state index contributed by atoms with van der Waals surface area (Å²) in [6.45, 7) is 3.06. The van der Waals surface area contributed by atoms with Gasteiger partial charge in [-0.25, -0.2) is 4.39 Å². The van der Waals surface area contributed by atoms with Crippen LogP contribution in [-0.4, -0.2) is 6.61 Å². The van der Waals surface area contributed by atoms with Crippen molar-refractivity contribution in [1.82, 2.24) is 0 Å². The van der Waals surface area contributed by atoms with Gasteiger partial charge in [0.25, 0.3) is 0 Å². The van der Waals surface area contributed by atoms with E-state index in [0.717, 1.165) is 41.7 Å². The van der Waals surface area contributed by atoms with Gasteiger partial charge in [0, 0.05) is 5.56 Å². The van der Waals surface area contributed by atoms with Crippen molar-refractivity contribution in [2.75, 3.05) is 6.61 Å². The summed E-state index contributed by atoms with van der Waals surface area (Å²) in [6.07, 6.45) is 10.4. The molecule has 1 atom stereocenters. The third kappa shape index (κ3) is 3.37. The molecule has 1 aromatic rings. The molecule has 4 rings (SSSR count). The normalized spacial score (nSPS) is 36.5. The third-order valence-electron chi connectivity index (χ3n) is 6.76. The van der Waals surface area contributed by atoms with E-state index in [1.807, 2.05) is 12.1 Å². The van der Waals surface area contributed by atoms with Crippen molar-refractivity contribution in [3.05, 3.63) is 34.1 Å². The fourth-order valence-electron chi connectivity index (χ4n) is 5.03. The molecule has 3 fully saturated rings. The van der Waals surface area contributed by atoms with Gasteiger partial charge < -0.3 is 4.74 Å². The molecule has 0 N–H and O–H groups in total. The molecule has 1 aromatic carbocycles. The molecule has 0 amide bonds. The largest absolute Gasteiger partial charge is 0.368 e. The van der Waals surface area contributed by atoms with E-state index in [1.165, 1.54) is 38.5 Å². The molecular weight excluding hydrogens is 323 g/mol. The van der Waals surface area contributed by atoms with Crippen molar-refractivity contribution >= 4 is 11.6 Å². The standard InChI is InChI=1S/C21H28ClFO/c1-13-2-4-14(5-3-13)15-6-8-16(9-7-15)17-10-11-18(19-12-24-19)20(22)21(17)23/h10-11,13-16,19H,2-9,12H2,1H3. The first-order valence-electron chi connectivity index (χ1n) is 9.73. The van der Waals surface area contributed by atoms with Crippen LogP contribution in [0.5, 0.6) is 0 Å². The van der Waals surface area contributed by atoms with Crippen LogP contribution < -0.4 is 0 Å². The summed E-state index contributed by atoms with van der Waals surface area (Å²) < 4.78 is 20.0. The van der Waals surface area contributed by atoms with Gasteiger partial charge in [0.15, 0.2) is 0 Å². The lowest BCUT2D eigenvalue weighted by atomic mass is 9.68. The van der Waals surface area contributed by atoms with Crippen LogP contribution in [-0.2, 0) is 4.74 Å². The van der Waals surface area contributed by atoms with Gasteiger partial charge in [0.2, 0.25) is 0 Å². The van der Waals surface area contributed by atoms with Gasteiger partial charge in [0.05, 0.1) is 11.6 Å². The second kappa shape index (κ2) is 6.96. The molecule has 2 aliphatic carbocycles. The van der Waals surface area contributed by atoms with Gasteiger partial charge in [-0.05, 0) is 67.8 Å². The van der Waals surface area contributed by atoms with Crippen LogP contribution in [0.4, 0.5) is 4.39 Å². The summed E-state index contributed by atoms with van der Waals surface area (Å²) >= 11 is 6.26. The van der Waals surface area contributed by atoms with E-state index in [-0.39, 0.29) is 11.9 Å². The molecule has 3 aliphatic rings. The number of hydrogen-bond acceptors (Lipinski definition) is 1. The monoisotopic (exact) mass is 350 g/mol. The van der Waals surface area contributed by atoms with Gasteiger partial charge in [0.1, 0.15) is 11.9 Å². The molecule has 0 radical (unpaired) electrons. The van der Waals surface area contributed by atoms with Gasteiger partial charge in [-0.2, -0.15) is 0 Å². The lowest BCUT2D eigenvalue weighted by Crippen LogP contribution is -2.25. The highest BCUT2D eigenvalue weighted by atomic mass is 35.5. The molecule has 1 saturated heterocycles. The zero-order valence-corrected chi connectivity index (χ0v) is 15.3. The fourth-order valence-corrected chi connectivity index (χ4v) is 5.32. The number of halogens is 2. The van der Waals surface area contributed by atoms with E-state index in [4.69, 9.17) is 16.3 Å². The first kappa shape index (κ1) is 16.8. The Hall–Kier alpha value is -0.600. The van der Waals surface area contributed by atoms with Gasteiger partial charge in [-0.1, -0.05) is 43.5 Å². The van der Waals surface area contributed by atoms with Crippen LogP contribution >= 0.6 is 11.6 Å². The van der Waals surface area contributed by atoms with E-state index in [0.29, 0.717) is 17.5 Å². The maximum atomic E-state index is 14.7. The Kier molecular flexibility index (Phi) is 4.88. The van der Waals surface area contributed by atoms with Crippen LogP contribution in [0.15, 0.2) is 12.1 Å². The van der Waals surface area contributed by atoms with Gasteiger partial charge >= 0.3 is 0 Å². The molecule has 2 saturated carbocycles. The van der Waals surface area contributed by atoms with Crippen molar-refractivity contribution in [3.8, 4) is 0 Å². The zero-order valence-electron chi connectivity index (χ0n) is 14.6. The van der Waals surface area contributed by atoms with E-state index >= 15 is 0 Å². The summed E-state index contributed by atoms with van der Waals surface area (Å²) in [4.78, 5) is 0. The van der Waals surface area contributed by atoms with Gasteiger partial charge in [-0.3, -0.25) is 0 Å². The second-order valence-electron chi connectivity index (χ2n) is 8.33. The van der Waals surface area contributed by atoms with E-state index < -0.39 is 0 Å². The molecular formula is C21H28ClFO. The molecule has 3 heteroatoms. The van der Waals surface area contributed by atoms with E-state index in [9.17, 15) is 4.39 Å². The quantitative estimate of drug-likeness (QED) is 0.556. The highest BCUT2D eigenvalue weighted by Crippen LogP contribution is 2.46. The summed E-state index contributed by atoms with van der Waals surface area (Å²) in [7, 11) is 0. The summed E-state index contributed by atoms with van der Waals surface area (Å²) in [5.74, 6) is 2.86. The lowest BCUT2D eigenvalue weighted by Gasteiger charge is -2.37. The molecule has 0 aromatic heterocycles. The Labute approximate surface area is 149 Å². The van der Waals surface area contributed by atoms with Crippen LogP contribution in [0.1, 0.15) is 81.4 Å². The number of ether oxygens (including phenoxy) is 1. The fraction of sp³-hybridized carbons (Fsp3) is 0.714. The highest BCUT2D eigenvalue weighted by Gasteiger charge is 2.33. The number of hydrogen-bond donors (Lipinski definition) is 0. The summed E-state index contributed by atoms with van der Waals surface area (Å²) in [5, 5.41) is 0.290. The maximum absolute atomic E-state index is 14.7. The second-order valence-corrected chi connectivity index (χ2v) is 8.70. The average Bonchev–Trinajstić information content (AvgIpc) is 3.43. The van der Waals surface area contributed by atoms with Crippen molar-refractivity contribution in [1.29, 1.82) is 0 Å². The third-order valence-corrected chi connectivity index (χ3v) is 7.15. The predicted molar refractivity (Wildman–Crippen MR) is 95.9 cm³/mol. The molecule has 1 aliphatic heterocycles. The van der Waals surface area contributed by atoms with E-state index in [1.54, 1.807) is 0 Å². The van der Waals surface area contributed by atoms with Crippen LogP contribution in [0.2, 0.25) is 5.02 Å². The van der Waals surface area contributed by atoms with Crippen molar-refractivity contribution in [2.24, 2.45) is 17.8 Å². The van der Waals surface area contributed by atoms with E-state index in [2.05, 4.69) is 6.92 Å². The molecule has 1 nitrogen and oxygen atoms in total. The highest BCUT2D eigenvalue weighted by molar-refractivity contribution is 6.31. The van der Waals surface area contributed by atoms with Crippen molar-refractivity contribution in [2.45, 2.75) is 70.3 Å². The topological polar surface area (TPSA) is 12.5 Å². The summed E-state index contributed by atoms with van der Waals surface area (Å²) in [6, 6.07) is 3.94. The smallest absolute Gasteiger partial charge is 0.145 e. The average molecular weight is 351 g/mol. The Balaban J connectivity index is 1.40. The molecule has 24 heavy (non-hydrogen) atoms. The predicted octanol–water partition coefficient (Wildman–Crippen LogP) is 6.65. The number of epoxide rings is 1. The molecule has 1 heterocycles. The maximum Gasteiger partial charge on any atom is 0.145 e. The Morgan fingerprint density at radius 1 is 0.917 bits per heavy atom. The molecule has 1 unspecified atom stereocenters. The minimum Gasteiger partial charge on any atom is -0.368 e. The number of benzene rings is 1. The lowest BCUT2D eigenvalue weighted by molar-refractivity contribution is 0.164.